The molecule has 7 nitrogen and oxygen atoms in total. The third-order valence-electron chi connectivity index (χ3n) is 5.73. The van der Waals surface area contributed by atoms with Gasteiger partial charge in [0.2, 0.25) is 5.91 Å². The summed E-state index contributed by atoms with van der Waals surface area (Å²) in [5.41, 5.74) is 3.96. The number of halogens is 1. The number of hydrogen-bond donors (Lipinski definition) is 1. The average Bonchev–Trinajstić information content (AvgIpc) is 3.23. The number of hydrazone groups is 1. The Morgan fingerprint density at radius 3 is 2.70 bits per heavy atom. The first kappa shape index (κ1) is 22.7. The molecule has 2 aromatic carbocycles. The zero-order chi connectivity index (χ0) is 23.5. The topological polar surface area (TPSA) is 92.1 Å². The van der Waals surface area contributed by atoms with E-state index in [4.69, 9.17) is 26.4 Å². The van der Waals surface area contributed by atoms with Crippen LogP contribution in [0.25, 0.3) is 10.9 Å². The number of hydrogen-bond acceptors (Lipinski definition) is 5. The number of para-hydroxylation sites is 1. The van der Waals surface area contributed by atoms with Crippen molar-refractivity contribution in [3.63, 3.8) is 0 Å². The van der Waals surface area contributed by atoms with E-state index in [1.165, 1.54) is 5.01 Å². The number of methoxy groups -OCH3 is 1. The number of benzene rings is 2. The van der Waals surface area contributed by atoms with Crippen molar-refractivity contribution in [2.24, 2.45) is 5.10 Å². The van der Waals surface area contributed by atoms with Crippen LogP contribution in [0.4, 0.5) is 0 Å². The zero-order valence-electron chi connectivity index (χ0n) is 18.4. The van der Waals surface area contributed by atoms with Crippen molar-refractivity contribution in [1.29, 1.82) is 0 Å². The Balaban J connectivity index is 1.75. The minimum atomic E-state index is -0.934. The van der Waals surface area contributed by atoms with Crippen LogP contribution in [-0.4, -0.2) is 39.8 Å². The molecular formula is C25H24ClN3O4. The van der Waals surface area contributed by atoms with Gasteiger partial charge >= 0.3 is 5.97 Å². The lowest BCUT2D eigenvalue weighted by atomic mass is 9.98. The Bertz CT molecular complexity index is 1260. The van der Waals surface area contributed by atoms with Gasteiger partial charge in [0, 0.05) is 30.2 Å². The van der Waals surface area contributed by atoms with E-state index >= 15 is 0 Å². The number of aliphatic carboxylic acids is 1. The van der Waals surface area contributed by atoms with Crippen LogP contribution in [0.15, 0.2) is 53.6 Å². The molecule has 0 bridgehead atoms. The van der Waals surface area contributed by atoms with Crippen LogP contribution in [0.2, 0.25) is 5.02 Å². The molecular weight excluding hydrogens is 442 g/mol. The van der Waals surface area contributed by atoms with Gasteiger partial charge in [-0.15, -0.1) is 0 Å². The summed E-state index contributed by atoms with van der Waals surface area (Å²) in [5.74, 6) is -0.582. The van der Waals surface area contributed by atoms with Crippen LogP contribution in [0.5, 0.6) is 5.75 Å². The summed E-state index contributed by atoms with van der Waals surface area (Å²) in [6.45, 7) is 2.00. The van der Waals surface area contributed by atoms with E-state index in [9.17, 15) is 9.59 Å². The van der Waals surface area contributed by atoms with Crippen molar-refractivity contribution in [2.75, 3.05) is 7.11 Å². The molecule has 1 amide bonds. The average molecular weight is 466 g/mol. The lowest BCUT2D eigenvalue weighted by Crippen LogP contribution is -2.27. The number of pyridine rings is 1. The van der Waals surface area contributed by atoms with Gasteiger partial charge in [0.15, 0.2) is 0 Å². The maximum Gasteiger partial charge on any atom is 0.303 e. The summed E-state index contributed by atoms with van der Waals surface area (Å²) in [4.78, 5) is 28.8. The van der Waals surface area contributed by atoms with Gasteiger partial charge in [0.1, 0.15) is 17.3 Å². The number of fused-ring (bicyclic) bond motifs is 1. The molecule has 1 atom stereocenters. The highest BCUT2D eigenvalue weighted by Crippen LogP contribution is 2.38. The molecule has 1 aliphatic rings. The Morgan fingerprint density at radius 1 is 1.18 bits per heavy atom. The van der Waals surface area contributed by atoms with Crippen molar-refractivity contribution < 1.29 is 19.4 Å². The Hall–Kier alpha value is -3.45. The first-order chi connectivity index (χ1) is 15.9. The molecule has 0 saturated heterocycles. The molecule has 4 rings (SSSR count). The third-order valence-corrected chi connectivity index (χ3v) is 6.03. The molecule has 0 aliphatic carbocycles. The molecule has 1 aliphatic heterocycles. The van der Waals surface area contributed by atoms with Crippen LogP contribution in [0.3, 0.4) is 0 Å². The van der Waals surface area contributed by atoms with E-state index in [1.54, 1.807) is 7.11 Å². The smallest absolute Gasteiger partial charge is 0.303 e. The van der Waals surface area contributed by atoms with Crippen molar-refractivity contribution >= 4 is 40.1 Å². The molecule has 0 spiro atoms. The maximum atomic E-state index is 13.1. The fraction of sp³-hybridized carbons (Fsp3) is 0.280. The van der Waals surface area contributed by atoms with Gasteiger partial charge in [-0.25, -0.2) is 9.99 Å². The molecule has 0 saturated carbocycles. The Kier molecular flexibility index (Phi) is 6.60. The van der Waals surface area contributed by atoms with Crippen LogP contribution >= 0.6 is 11.6 Å². The Morgan fingerprint density at radius 2 is 1.97 bits per heavy atom. The zero-order valence-corrected chi connectivity index (χ0v) is 19.2. The highest BCUT2D eigenvalue weighted by atomic mass is 35.5. The van der Waals surface area contributed by atoms with E-state index in [-0.39, 0.29) is 25.2 Å². The molecule has 1 N–H and O–H groups in total. The molecule has 1 aromatic heterocycles. The second kappa shape index (κ2) is 9.58. The largest absolute Gasteiger partial charge is 0.494 e. The quantitative estimate of drug-likeness (QED) is 0.521. The number of ether oxygens (including phenoxy) is 1. The lowest BCUT2D eigenvalue weighted by molar-refractivity contribution is -0.137. The summed E-state index contributed by atoms with van der Waals surface area (Å²) in [6, 6.07) is 14.8. The normalized spacial score (nSPS) is 15.5. The molecule has 1 unspecified atom stereocenters. The number of aromatic nitrogens is 1. The molecule has 33 heavy (non-hydrogen) atoms. The van der Waals surface area contributed by atoms with E-state index in [0.717, 1.165) is 22.2 Å². The van der Waals surface area contributed by atoms with Crippen molar-refractivity contribution in [3.8, 4) is 5.75 Å². The molecule has 3 aromatic rings. The summed E-state index contributed by atoms with van der Waals surface area (Å²) in [6.07, 6.45) is 0.675. The fourth-order valence-electron chi connectivity index (χ4n) is 4.08. The van der Waals surface area contributed by atoms with Gasteiger partial charge in [-0.1, -0.05) is 48.0 Å². The molecule has 2 heterocycles. The van der Waals surface area contributed by atoms with Crippen LogP contribution in [-0.2, 0) is 9.59 Å². The molecule has 8 heteroatoms. The standard InChI is InChI=1S/C25H24ClN3O4/c1-15-7-3-4-9-17(15)19-14-20(29(28-19)22(30)11-6-12-23(31)32)25-18(26)13-16-8-5-10-21(33-2)24(16)27-25/h3-5,7-10,13,20H,6,11-12,14H2,1-2H3,(H,31,32). The predicted molar refractivity (Wildman–Crippen MR) is 127 cm³/mol. The van der Waals surface area contributed by atoms with E-state index in [2.05, 4.69) is 5.10 Å². The maximum absolute atomic E-state index is 13.1. The SMILES string of the molecule is COc1cccc2cc(Cl)c(C3CC(c4ccccc4C)=NN3C(=O)CCCC(=O)O)nc12. The van der Waals surface area contributed by atoms with E-state index < -0.39 is 12.0 Å². The monoisotopic (exact) mass is 465 g/mol. The van der Waals surface area contributed by atoms with Gasteiger partial charge in [0.05, 0.1) is 23.5 Å². The number of rotatable bonds is 7. The summed E-state index contributed by atoms with van der Waals surface area (Å²) >= 11 is 6.65. The number of nitrogens with zero attached hydrogens (tertiary/aromatic N) is 3. The van der Waals surface area contributed by atoms with Crippen molar-refractivity contribution in [1.82, 2.24) is 9.99 Å². The molecule has 0 radical (unpaired) electrons. The molecule has 170 valence electrons. The van der Waals surface area contributed by atoms with Gasteiger partial charge in [-0.05, 0) is 31.0 Å². The summed E-state index contributed by atoms with van der Waals surface area (Å²) < 4.78 is 5.47. The van der Waals surface area contributed by atoms with Crippen LogP contribution in [0.1, 0.15) is 48.5 Å². The number of carboxylic acids is 1. The van der Waals surface area contributed by atoms with Gasteiger partial charge in [0.25, 0.3) is 0 Å². The van der Waals surface area contributed by atoms with Crippen LogP contribution < -0.4 is 4.74 Å². The highest BCUT2D eigenvalue weighted by Gasteiger charge is 2.35. The minimum Gasteiger partial charge on any atom is -0.494 e. The Labute approximate surface area is 196 Å². The first-order valence-corrected chi connectivity index (χ1v) is 11.1. The van der Waals surface area contributed by atoms with Crippen LogP contribution in [0, 0.1) is 6.92 Å². The van der Waals surface area contributed by atoms with E-state index in [0.29, 0.717) is 28.4 Å². The number of aryl methyl sites for hydroxylation is 1. The fourth-order valence-corrected chi connectivity index (χ4v) is 4.36. The van der Waals surface area contributed by atoms with Crippen molar-refractivity contribution in [2.45, 2.75) is 38.6 Å². The number of carbonyl (C=O) groups is 2. The highest BCUT2D eigenvalue weighted by molar-refractivity contribution is 6.32. The third kappa shape index (κ3) is 4.68. The minimum absolute atomic E-state index is 0.0713. The first-order valence-electron chi connectivity index (χ1n) is 10.7. The van der Waals surface area contributed by atoms with Crippen molar-refractivity contribution in [3.05, 3.63) is 70.4 Å². The number of amides is 1. The van der Waals surface area contributed by atoms with E-state index in [1.807, 2.05) is 55.5 Å². The summed E-state index contributed by atoms with van der Waals surface area (Å²) in [7, 11) is 1.58. The summed E-state index contributed by atoms with van der Waals surface area (Å²) in [5, 5.41) is 16.3. The van der Waals surface area contributed by atoms with Gasteiger partial charge in [-0.3, -0.25) is 9.59 Å². The second-order valence-corrected chi connectivity index (χ2v) is 8.36. The lowest BCUT2D eigenvalue weighted by Gasteiger charge is -2.22. The van der Waals surface area contributed by atoms with Gasteiger partial charge < -0.3 is 9.84 Å². The van der Waals surface area contributed by atoms with Gasteiger partial charge in [-0.2, -0.15) is 5.10 Å². The molecule has 0 fully saturated rings. The predicted octanol–water partition coefficient (Wildman–Crippen LogP) is 5.14. The number of carboxylic acid groups (broad SMARTS) is 1. The number of carbonyl (C=O) groups excluding carboxylic acids is 1. The second-order valence-electron chi connectivity index (χ2n) is 7.95.